The van der Waals surface area contributed by atoms with Crippen molar-refractivity contribution in [2.45, 2.75) is 87.7 Å². The summed E-state index contributed by atoms with van der Waals surface area (Å²) in [4.78, 5) is 30.7. The van der Waals surface area contributed by atoms with Gasteiger partial charge in [0.15, 0.2) is 0 Å². The second kappa shape index (κ2) is 16.2. The van der Waals surface area contributed by atoms with Gasteiger partial charge in [-0.3, -0.25) is 13.9 Å². The summed E-state index contributed by atoms with van der Waals surface area (Å²) in [5.41, 5.74) is 2.20. The van der Waals surface area contributed by atoms with Gasteiger partial charge in [-0.25, -0.2) is 8.42 Å². The Labute approximate surface area is 272 Å². The average molecular weight is 652 g/mol. The highest BCUT2D eigenvalue weighted by Crippen LogP contribution is 2.33. The lowest BCUT2D eigenvalue weighted by Crippen LogP contribution is -2.54. The smallest absolute Gasteiger partial charge is 0.264 e. The van der Waals surface area contributed by atoms with Crippen LogP contribution in [0.1, 0.15) is 63.5 Å². The number of ether oxygens (including phenoxy) is 1. The minimum absolute atomic E-state index is 0.0616. The number of nitrogens with one attached hydrogen (secondary N) is 1. The third-order valence-electron chi connectivity index (χ3n) is 8.17. The Hall–Kier alpha value is -3.50. The number of nitrogens with zero attached hydrogens (tertiary/aromatic N) is 2. The van der Waals surface area contributed by atoms with E-state index in [1.54, 1.807) is 48.5 Å². The molecular weight excluding hydrogens is 607 g/mol. The zero-order valence-electron chi connectivity index (χ0n) is 26.7. The van der Waals surface area contributed by atoms with Gasteiger partial charge in [-0.05, 0) is 81.3 Å². The summed E-state index contributed by atoms with van der Waals surface area (Å²) in [7, 11) is -4.21. The molecule has 242 valence electrons. The Balaban J connectivity index is 1.74. The summed E-state index contributed by atoms with van der Waals surface area (Å²) in [6.07, 6.45) is 7.44. The second-order valence-corrected chi connectivity index (χ2v) is 14.1. The standard InChI is InChI=1S/C35H45N3O5S2/c1-5-31(35(40)36-28-12-8-7-9-13-28)37(24-27-18-16-26(3)17-19-27)34(39)25-38(32-14-10-11-15-33(32)43-6-2)45(41,42)30-22-20-29(44-4)21-23-30/h10-11,14-23,28,31H,5-9,12-13,24-25H2,1-4H3,(H,36,40). The van der Waals surface area contributed by atoms with Crippen LogP contribution in [0.25, 0.3) is 0 Å². The number of benzene rings is 3. The van der Waals surface area contributed by atoms with E-state index in [0.717, 1.165) is 52.4 Å². The van der Waals surface area contributed by atoms with Crippen LogP contribution in [0.2, 0.25) is 0 Å². The number of carbonyl (C=O) groups excluding carboxylic acids is 2. The Morgan fingerprint density at radius 3 is 2.24 bits per heavy atom. The van der Waals surface area contributed by atoms with Crippen LogP contribution in [-0.2, 0) is 26.2 Å². The highest BCUT2D eigenvalue weighted by Gasteiger charge is 2.35. The molecule has 3 aromatic carbocycles. The maximum absolute atomic E-state index is 14.4. The number of para-hydroxylation sites is 2. The Morgan fingerprint density at radius 2 is 1.62 bits per heavy atom. The first-order valence-electron chi connectivity index (χ1n) is 15.7. The van der Waals surface area contributed by atoms with Gasteiger partial charge < -0.3 is 15.0 Å². The summed E-state index contributed by atoms with van der Waals surface area (Å²) in [5.74, 6) is -0.331. The van der Waals surface area contributed by atoms with Gasteiger partial charge in [0.2, 0.25) is 11.8 Å². The van der Waals surface area contributed by atoms with Crippen molar-refractivity contribution in [1.29, 1.82) is 0 Å². The number of amides is 2. The monoisotopic (exact) mass is 651 g/mol. The molecule has 45 heavy (non-hydrogen) atoms. The third-order valence-corrected chi connectivity index (χ3v) is 10.7. The molecule has 1 atom stereocenters. The molecule has 0 bridgehead atoms. The first kappa shape index (κ1) is 34.4. The second-order valence-electron chi connectivity index (χ2n) is 11.4. The van der Waals surface area contributed by atoms with E-state index in [2.05, 4.69) is 5.32 Å². The van der Waals surface area contributed by atoms with Crippen LogP contribution in [0.5, 0.6) is 5.75 Å². The number of sulfonamides is 1. The zero-order chi connectivity index (χ0) is 32.4. The number of rotatable bonds is 14. The lowest BCUT2D eigenvalue weighted by Gasteiger charge is -2.34. The molecule has 10 heteroatoms. The van der Waals surface area contributed by atoms with E-state index >= 15 is 0 Å². The number of carbonyl (C=O) groups is 2. The van der Waals surface area contributed by atoms with Gasteiger partial charge in [-0.15, -0.1) is 11.8 Å². The highest BCUT2D eigenvalue weighted by atomic mass is 32.2. The molecule has 0 spiro atoms. The van der Waals surface area contributed by atoms with Crippen molar-refractivity contribution >= 4 is 39.3 Å². The van der Waals surface area contributed by atoms with Crippen molar-refractivity contribution in [3.63, 3.8) is 0 Å². The number of aryl methyl sites for hydroxylation is 1. The van der Waals surface area contributed by atoms with Crippen LogP contribution in [0.15, 0.2) is 82.6 Å². The van der Waals surface area contributed by atoms with Crippen molar-refractivity contribution in [3.8, 4) is 5.75 Å². The van der Waals surface area contributed by atoms with E-state index in [0.29, 0.717) is 18.8 Å². The van der Waals surface area contributed by atoms with Gasteiger partial charge in [0, 0.05) is 17.5 Å². The summed E-state index contributed by atoms with van der Waals surface area (Å²) in [6.45, 7) is 5.67. The third kappa shape index (κ3) is 8.82. The zero-order valence-corrected chi connectivity index (χ0v) is 28.3. The van der Waals surface area contributed by atoms with E-state index in [1.165, 1.54) is 16.7 Å². The maximum Gasteiger partial charge on any atom is 0.264 e. The van der Waals surface area contributed by atoms with Crippen molar-refractivity contribution < 1.29 is 22.7 Å². The quantitative estimate of drug-likeness (QED) is 0.198. The van der Waals surface area contributed by atoms with Crippen LogP contribution in [0.3, 0.4) is 0 Å². The molecule has 1 unspecified atom stereocenters. The van der Waals surface area contributed by atoms with Crippen molar-refractivity contribution in [2.24, 2.45) is 0 Å². The van der Waals surface area contributed by atoms with Crippen LogP contribution < -0.4 is 14.4 Å². The maximum atomic E-state index is 14.4. The molecule has 1 N–H and O–H groups in total. The largest absolute Gasteiger partial charge is 0.492 e. The molecule has 0 saturated heterocycles. The van der Waals surface area contributed by atoms with Gasteiger partial charge in [-0.2, -0.15) is 0 Å². The van der Waals surface area contributed by atoms with Crippen molar-refractivity contribution in [1.82, 2.24) is 10.2 Å². The van der Waals surface area contributed by atoms with Crippen LogP contribution in [-0.4, -0.2) is 56.6 Å². The van der Waals surface area contributed by atoms with Crippen LogP contribution >= 0.6 is 11.8 Å². The summed E-state index contributed by atoms with van der Waals surface area (Å²) < 4.78 is 35.5. The fourth-order valence-corrected chi connectivity index (χ4v) is 7.52. The molecule has 0 heterocycles. The lowest BCUT2D eigenvalue weighted by molar-refractivity contribution is -0.140. The fraction of sp³-hybridized carbons (Fsp3) is 0.429. The van der Waals surface area contributed by atoms with Crippen LogP contribution in [0, 0.1) is 6.92 Å². The van der Waals surface area contributed by atoms with Crippen LogP contribution in [0.4, 0.5) is 5.69 Å². The molecule has 4 rings (SSSR count). The van der Waals surface area contributed by atoms with E-state index < -0.39 is 28.5 Å². The van der Waals surface area contributed by atoms with Gasteiger partial charge >= 0.3 is 0 Å². The number of hydrogen-bond acceptors (Lipinski definition) is 6. The van der Waals surface area contributed by atoms with Gasteiger partial charge in [-0.1, -0.05) is 68.1 Å². The molecule has 0 aromatic heterocycles. The molecule has 1 saturated carbocycles. The molecule has 8 nitrogen and oxygen atoms in total. The number of hydrogen-bond donors (Lipinski definition) is 1. The molecule has 0 aliphatic heterocycles. The molecule has 2 amide bonds. The Morgan fingerprint density at radius 1 is 0.956 bits per heavy atom. The first-order chi connectivity index (χ1) is 21.7. The predicted octanol–water partition coefficient (Wildman–Crippen LogP) is 6.57. The van der Waals surface area contributed by atoms with Gasteiger partial charge in [0.1, 0.15) is 18.3 Å². The summed E-state index contributed by atoms with van der Waals surface area (Å²) in [6, 6.07) is 20.5. The highest BCUT2D eigenvalue weighted by molar-refractivity contribution is 7.98. The molecule has 1 aliphatic carbocycles. The topological polar surface area (TPSA) is 96.0 Å². The van der Waals surface area contributed by atoms with E-state index in [-0.39, 0.29) is 29.1 Å². The minimum Gasteiger partial charge on any atom is -0.492 e. The SMILES string of the molecule is CCOc1ccccc1N(CC(=O)N(Cc1ccc(C)cc1)C(CC)C(=O)NC1CCCCC1)S(=O)(=O)c1ccc(SC)cc1. The number of anilines is 1. The molecule has 1 aliphatic rings. The Kier molecular flexibility index (Phi) is 12.4. The summed E-state index contributed by atoms with van der Waals surface area (Å²) in [5, 5.41) is 3.19. The molecule has 3 aromatic rings. The van der Waals surface area contributed by atoms with Gasteiger partial charge in [0.05, 0.1) is 17.2 Å². The van der Waals surface area contributed by atoms with E-state index in [4.69, 9.17) is 4.74 Å². The first-order valence-corrected chi connectivity index (χ1v) is 18.4. The van der Waals surface area contributed by atoms with E-state index in [9.17, 15) is 18.0 Å². The molecule has 0 radical (unpaired) electrons. The average Bonchev–Trinajstić information content (AvgIpc) is 3.05. The normalized spacial score (nSPS) is 14.4. The lowest BCUT2D eigenvalue weighted by atomic mass is 9.95. The van der Waals surface area contributed by atoms with Gasteiger partial charge in [0.25, 0.3) is 10.0 Å². The summed E-state index contributed by atoms with van der Waals surface area (Å²) >= 11 is 1.51. The fourth-order valence-electron chi connectivity index (χ4n) is 5.68. The molecular formula is C35H45N3O5S2. The number of thioether (sulfide) groups is 1. The van der Waals surface area contributed by atoms with Crippen molar-refractivity contribution in [3.05, 3.63) is 83.9 Å². The van der Waals surface area contributed by atoms with E-state index in [1.807, 2.05) is 51.3 Å². The predicted molar refractivity (Wildman–Crippen MR) is 181 cm³/mol. The minimum atomic E-state index is -4.21. The Bertz CT molecular complexity index is 1520. The molecule has 1 fully saturated rings. The van der Waals surface area contributed by atoms with Crippen molar-refractivity contribution in [2.75, 3.05) is 23.7 Å².